The molecule has 1 heterocycles. The average Bonchev–Trinajstić information content (AvgIpc) is 2.39. The molecule has 0 radical (unpaired) electrons. The van der Waals surface area contributed by atoms with E-state index in [2.05, 4.69) is 26.1 Å². The number of nitrogens with one attached hydrogen (secondary N) is 1. The molecule has 18 heavy (non-hydrogen) atoms. The maximum atomic E-state index is 12.0. The summed E-state index contributed by atoms with van der Waals surface area (Å²) in [6, 6.07) is 0. The van der Waals surface area contributed by atoms with Crippen LogP contribution >= 0.6 is 0 Å². The molecule has 1 fully saturated rings. The standard InChI is InChI=1S/C14H28N2O2/c1-5-14(2,3)16(4)13(17)8-11-18-12-6-9-15-10-7-12/h12,15H,5-11H2,1-4H3. The highest BCUT2D eigenvalue weighted by Crippen LogP contribution is 2.17. The van der Waals surface area contributed by atoms with Gasteiger partial charge in [0, 0.05) is 12.6 Å². The molecule has 4 nitrogen and oxygen atoms in total. The number of hydrogen-bond acceptors (Lipinski definition) is 3. The number of carbonyl (C=O) groups is 1. The highest BCUT2D eigenvalue weighted by molar-refractivity contribution is 5.76. The average molecular weight is 256 g/mol. The van der Waals surface area contributed by atoms with E-state index in [0.29, 0.717) is 19.1 Å². The van der Waals surface area contributed by atoms with Gasteiger partial charge in [-0.2, -0.15) is 0 Å². The summed E-state index contributed by atoms with van der Waals surface area (Å²) in [5.41, 5.74) is -0.0636. The summed E-state index contributed by atoms with van der Waals surface area (Å²) in [5.74, 6) is 0.177. The zero-order valence-corrected chi connectivity index (χ0v) is 12.3. The molecule has 0 aromatic carbocycles. The van der Waals surface area contributed by atoms with Gasteiger partial charge in [-0.1, -0.05) is 6.92 Å². The minimum atomic E-state index is -0.0636. The lowest BCUT2D eigenvalue weighted by Gasteiger charge is -2.35. The number of nitrogens with zero attached hydrogens (tertiary/aromatic N) is 1. The number of ether oxygens (including phenoxy) is 1. The van der Waals surface area contributed by atoms with Crippen LogP contribution in [0.2, 0.25) is 0 Å². The van der Waals surface area contributed by atoms with Gasteiger partial charge in [-0.05, 0) is 46.2 Å². The van der Waals surface area contributed by atoms with Crippen molar-refractivity contribution in [2.45, 2.75) is 58.1 Å². The lowest BCUT2D eigenvalue weighted by Crippen LogP contribution is -2.44. The van der Waals surface area contributed by atoms with Gasteiger partial charge in [0.2, 0.25) is 5.91 Å². The first-order chi connectivity index (χ1) is 8.47. The van der Waals surface area contributed by atoms with Crippen molar-refractivity contribution in [2.24, 2.45) is 0 Å². The largest absolute Gasteiger partial charge is 0.378 e. The fraction of sp³-hybridized carbons (Fsp3) is 0.929. The van der Waals surface area contributed by atoms with E-state index in [1.165, 1.54) is 0 Å². The van der Waals surface area contributed by atoms with Gasteiger partial charge in [-0.3, -0.25) is 4.79 Å². The maximum Gasteiger partial charge on any atom is 0.225 e. The molecule has 0 unspecified atom stereocenters. The van der Waals surface area contributed by atoms with Crippen LogP contribution in [0.5, 0.6) is 0 Å². The smallest absolute Gasteiger partial charge is 0.225 e. The summed E-state index contributed by atoms with van der Waals surface area (Å²) in [6.45, 7) is 8.91. The van der Waals surface area contributed by atoms with Crippen LogP contribution in [0.15, 0.2) is 0 Å². The number of amides is 1. The van der Waals surface area contributed by atoms with Crippen molar-refractivity contribution < 1.29 is 9.53 Å². The molecule has 1 rings (SSSR count). The Morgan fingerprint density at radius 1 is 1.39 bits per heavy atom. The monoisotopic (exact) mass is 256 g/mol. The maximum absolute atomic E-state index is 12.0. The van der Waals surface area contributed by atoms with Gasteiger partial charge >= 0.3 is 0 Å². The van der Waals surface area contributed by atoms with E-state index in [1.807, 2.05) is 11.9 Å². The number of hydrogen-bond donors (Lipinski definition) is 1. The van der Waals surface area contributed by atoms with Crippen LogP contribution < -0.4 is 5.32 Å². The van der Waals surface area contributed by atoms with Crippen LogP contribution in [-0.2, 0) is 9.53 Å². The fourth-order valence-electron chi connectivity index (χ4n) is 2.02. The fourth-order valence-corrected chi connectivity index (χ4v) is 2.02. The van der Waals surface area contributed by atoms with Gasteiger partial charge in [-0.15, -0.1) is 0 Å². The highest BCUT2D eigenvalue weighted by Gasteiger charge is 2.25. The number of rotatable bonds is 6. The van der Waals surface area contributed by atoms with E-state index < -0.39 is 0 Å². The molecule has 0 aromatic rings. The predicted octanol–water partition coefficient (Wildman–Crippen LogP) is 1.79. The van der Waals surface area contributed by atoms with E-state index in [4.69, 9.17) is 4.74 Å². The zero-order valence-electron chi connectivity index (χ0n) is 12.3. The van der Waals surface area contributed by atoms with Crippen LogP contribution in [0.4, 0.5) is 0 Å². The molecule has 1 saturated heterocycles. The molecule has 106 valence electrons. The Morgan fingerprint density at radius 2 is 2.00 bits per heavy atom. The summed E-state index contributed by atoms with van der Waals surface area (Å²) >= 11 is 0. The molecular formula is C14H28N2O2. The molecule has 0 aliphatic carbocycles. The zero-order chi connectivity index (χ0) is 13.6. The quantitative estimate of drug-likeness (QED) is 0.788. The van der Waals surface area contributed by atoms with Crippen LogP contribution in [-0.4, -0.2) is 49.2 Å². The van der Waals surface area contributed by atoms with Crippen LogP contribution in [0, 0.1) is 0 Å². The SMILES string of the molecule is CCC(C)(C)N(C)C(=O)CCOC1CCNCC1. The van der Waals surface area contributed by atoms with E-state index in [9.17, 15) is 4.79 Å². The van der Waals surface area contributed by atoms with Crippen molar-refractivity contribution >= 4 is 5.91 Å². The van der Waals surface area contributed by atoms with E-state index >= 15 is 0 Å². The first-order valence-corrected chi connectivity index (χ1v) is 7.06. The van der Waals surface area contributed by atoms with Crippen molar-refractivity contribution in [2.75, 3.05) is 26.7 Å². The van der Waals surface area contributed by atoms with Crippen molar-refractivity contribution in [3.8, 4) is 0 Å². The Morgan fingerprint density at radius 3 is 2.56 bits per heavy atom. The lowest BCUT2D eigenvalue weighted by molar-refractivity contribution is -0.136. The van der Waals surface area contributed by atoms with Gasteiger partial charge in [0.05, 0.1) is 19.1 Å². The van der Waals surface area contributed by atoms with Gasteiger partial charge in [0.15, 0.2) is 0 Å². The molecule has 4 heteroatoms. The second-order valence-corrected chi connectivity index (χ2v) is 5.69. The first-order valence-electron chi connectivity index (χ1n) is 7.06. The third-order valence-corrected chi connectivity index (χ3v) is 4.10. The Kier molecular flexibility index (Phi) is 6.09. The normalized spacial score (nSPS) is 17.8. The Bertz CT molecular complexity index is 261. The second kappa shape index (κ2) is 7.10. The molecule has 1 aliphatic rings. The summed E-state index contributed by atoms with van der Waals surface area (Å²) in [5, 5.41) is 3.30. The van der Waals surface area contributed by atoms with Crippen molar-refractivity contribution in [1.82, 2.24) is 10.2 Å². The van der Waals surface area contributed by atoms with Crippen molar-refractivity contribution in [3.05, 3.63) is 0 Å². The summed E-state index contributed by atoms with van der Waals surface area (Å²) in [7, 11) is 1.89. The molecule has 1 aliphatic heterocycles. The summed E-state index contributed by atoms with van der Waals surface area (Å²) in [6.07, 6.45) is 3.91. The van der Waals surface area contributed by atoms with Crippen LogP contribution in [0.3, 0.4) is 0 Å². The predicted molar refractivity (Wildman–Crippen MR) is 73.6 cm³/mol. The number of carbonyl (C=O) groups excluding carboxylic acids is 1. The summed E-state index contributed by atoms with van der Waals surface area (Å²) in [4.78, 5) is 13.9. The molecule has 0 aromatic heterocycles. The van der Waals surface area contributed by atoms with Gasteiger partial charge < -0.3 is 15.0 Å². The molecule has 0 saturated carbocycles. The Labute approximate surface area is 111 Å². The molecule has 0 atom stereocenters. The van der Waals surface area contributed by atoms with Crippen LogP contribution in [0.25, 0.3) is 0 Å². The summed E-state index contributed by atoms with van der Waals surface area (Å²) < 4.78 is 5.76. The molecular weight excluding hydrogens is 228 g/mol. The Balaban J connectivity index is 2.24. The lowest BCUT2D eigenvalue weighted by atomic mass is 10.00. The second-order valence-electron chi connectivity index (χ2n) is 5.69. The van der Waals surface area contributed by atoms with Crippen molar-refractivity contribution in [3.63, 3.8) is 0 Å². The van der Waals surface area contributed by atoms with Crippen molar-refractivity contribution in [1.29, 1.82) is 0 Å². The van der Waals surface area contributed by atoms with Crippen LogP contribution in [0.1, 0.15) is 46.5 Å². The topological polar surface area (TPSA) is 41.6 Å². The molecule has 0 spiro atoms. The highest BCUT2D eigenvalue weighted by atomic mass is 16.5. The molecule has 1 N–H and O–H groups in total. The first kappa shape index (κ1) is 15.4. The van der Waals surface area contributed by atoms with Gasteiger partial charge in [0.1, 0.15) is 0 Å². The van der Waals surface area contributed by atoms with E-state index in [1.54, 1.807) is 0 Å². The molecule has 0 bridgehead atoms. The third kappa shape index (κ3) is 4.58. The third-order valence-electron chi connectivity index (χ3n) is 4.10. The van der Waals surface area contributed by atoms with Gasteiger partial charge in [-0.25, -0.2) is 0 Å². The Hall–Kier alpha value is -0.610. The minimum absolute atomic E-state index is 0.0636. The van der Waals surface area contributed by atoms with E-state index in [0.717, 1.165) is 32.4 Å². The number of piperidine rings is 1. The van der Waals surface area contributed by atoms with E-state index in [-0.39, 0.29) is 11.4 Å². The minimum Gasteiger partial charge on any atom is -0.378 e. The molecule has 1 amide bonds. The van der Waals surface area contributed by atoms with Gasteiger partial charge in [0.25, 0.3) is 0 Å².